The lowest BCUT2D eigenvalue weighted by Crippen LogP contribution is -2.12. The van der Waals surface area contributed by atoms with Gasteiger partial charge in [0.15, 0.2) is 0 Å². The molecule has 9 heteroatoms. The van der Waals surface area contributed by atoms with Crippen LogP contribution in [0, 0.1) is 21.4 Å². The first-order valence-corrected chi connectivity index (χ1v) is 10.1. The van der Waals surface area contributed by atoms with Gasteiger partial charge in [-0.2, -0.15) is 5.26 Å². The highest BCUT2D eigenvalue weighted by Gasteiger charge is 2.20. The van der Waals surface area contributed by atoms with Crippen LogP contribution in [0.3, 0.4) is 0 Å². The maximum atomic E-state index is 12.7. The largest absolute Gasteiger partial charge is 0.459 e. The van der Waals surface area contributed by atoms with Crippen LogP contribution >= 0.6 is 11.6 Å². The number of nitro groups is 1. The molecule has 3 rings (SSSR count). The molecule has 1 heterocycles. The Balaban J connectivity index is 1.96. The molecule has 0 aliphatic carbocycles. The molecule has 0 bridgehead atoms. The predicted molar refractivity (Wildman–Crippen MR) is 121 cm³/mol. The zero-order valence-electron chi connectivity index (χ0n) is 17.6. The average Bonchev–Trinajstić information content (AvgIpc) is 3.25. The Labute approximate surface area is 193 Å². The topological polar surface area (TPSA) is 123 Å². The number of furan rings is 1. The molecule has 166 valence electrons. The van der Waals surface area contributed by atoms with Crippen molar-refractivity contribution in [3.8, 4) is 17.4 Å². The fourth-order valence-electron chi connectivity index (χ4n) is 2.96. The zero-order chi connectivity index (χ0) is 24.1. The van der Waals surface area contributed by atoms with Crippen molar-refractivity contribution in [1.29, 1.82) is 5.26 Å². The van der Waals surface area contributed by atoms with E-state index in [0.29, 0.717) is 10.6 Å². The molecule has 8 nitrogen and oxygen atoms in total. The summed E-state index contributed by atoms with van der Waals surface area (Å²) in [5, 5.41) is 20.8. The van der Waals surface area contributed by atoms with Crippen LogP contribution in [-0.4, -0.2) is 22.8 Å². The normalized spacial score (nSPS) is 11.2. The van der Waals surface area contributed by atoms with E-state index >= 15 is 0 Å². The average molecular weight is 465 g/mol. The van der Waals surface area contributed by atoms with Crippen molar-refractivity contribution < 1.29 is 23.7 Å². The minimum atomic E-state index is -0.692. The second kappa shape index (κ2) is 9.94. The highest BCUT2D eigenvalue weighted by Crippen LogP contribution is 2.30. The van der Waals surface area contributed by atoms with Crippen molar-refractivity contribution in [2.75, 3.05) is 0 Å². The summed E-state index contributed by atoms with van der Waals surface area (Å²) in [7, 11) is 0. The summed E-state index contributed by atoms with van der Waals surface area (Å²) in [6.45, 7) is 3.45. The van der Waals surface area contributed by atoms with Crippen molar-refractivity contribution in [3.63, 3.8) is 0 Å². The van der Waals surface area contributed by atoms with Crippen molar-refractivity contribution in [3.05, 3.63) is 92.2 Å². The number of nitro benzene ring substituents is 1. The zero-order valence-corrected chi connectivity index (χ0v) is 18.3. The number of nitrogens with zero attached hydrogens (tertiary/aromatic N) is 2. The lowest BCUT2D eigenvalue weighted by atomic mass is 10.0. The molecular formula is C24H17ClN2O6. The molecule has 33 heavy (non-hydrogen) atoms. The molecule has 0 saturated heterocycles. The van der Waals surface area contributed by atoms with E-state index in [9.17, 15) is 25.0 Å². The highest BCUT2D eigenvalue weighted by molar-refractivity contribution is 6.31. The lowest BCUT2D eigenvalue weighted by Gasteiger charge is -2.11. The summed E-state index contributed by atoms with van der Waals surface area (Å²) in [4.78, 5) is 35.5. The number of ketones is 1. The van der Waals surface area contributed by atoms with Gasteiger partial charge in [-0.1, -0.05) is 23.7 Å². The molecule has 0 spiro atoms. The summed E-state index contributed by atoms with van der Waals surface area (Å²) in [6, 6.07) is 14.6. The Morgan fingerprint density at radius 1 is 1.18 bits per heavy atom. The third-order valence-corrected chi connectivity index (χ3v) is 4.64. The number of esters is 1. The lowest BCUT2D eigenvalue weighted by molar-refractivity contribution is -0.384. The van der Waals surface area contributed by atoms with Crippen LogP contribution in [0.25, 0.3) is 17.4 Å². The van der Waals surface area contributed by atoms with E-state index in [1.54, 1.807) is 38.1 Å². The standard InChI is InChI=1S/C24H17ClN2O6/c1-14(2)32-24(29)20-8-6-17(25)12-21(20)22-9-7-19(33-22)11-16(13-26)23(28)15-4-3-5-18(10-15)27(30)31/h3-12,14H,1-2H3/b16-11-. The van der Waals surface area contributed by atoms with Crippen LogP contribution < -0.4 is 0 Å². The first-order chi connectivity index (χ1) is 15.7. The Morgan fingerprint density at radius 2 is 1.94 bits per heavy atom. The Morgan fingerprint density at radius 3 is 2.61 bits per heavy atom. The number of benzene rings is 2. The molecule has 0 N–H and O–H groups in total. The molecule has 0 amide bonds. The van der Waals surface area contributed by atoms with E-state index in [4.69, 9.17) is 20.8 Å². The van der Waals surface area contributed by atoms with Crippen molar-refractivity contribution >= 4 is 35.1 Å². The van der Waals surface area contributed by atoms with Gasteiger partial charge in [0.25, 0.3) is 5.69 Å². The molecule has 3 aromatic rings. The van der Waals surface area contributed by atoms with Crippen LogP contribution in [-0.2, 0) is 4.74 Å². The number of carbonyl (C=O) groups is 2. The fourth-order valence-corrected chi connectivity index (χ4v) is 3.13. The van der Waals surface area contributed by atoms with Crippen LogP contribution in [0.4, 0.5) is 5.69 Å². The van der Waals surface area contributed by atoms with Crippen molar-refractivity contribution in [1.82, 2.24) is 0 Å². The Hall–Kier alpha value is -4.22. The maximum Gasteiger partial charge on any atom is 0.339 e. The van der Waals surface area contributed by atoms with Gasteiger partial charge >= 0.3 is 5.97 Å². The number of hydrogen-bond acceptors (Lipinski definition) is 7. The molecule has 0 fully saturated rings. The number of Topliss-reactive ketones (excluding diaryl/α,β-unsaturated/α-hetero) is 1. The molecule has 0 unspecified atom stereocenters. The SMILES string of the molecule is CC(C)OC(=O)c1ccc(Cl)cc1-c1ccc(/C=C(/C#N)C(=O)c2cccc([N+](=O)[O-])c2)o1. The molecule has 0 aliphatic heterocycles. The molecular weight excluding hydrogens is 448 g/mol. The van der Waals surface area contributed by atoms with Gasteiger partial charge < -0.3 is 9.15 Å². The predicted octanol–water partition coefficient (Wildman–Crippen LogP) is 5.86. The number of ether oxygens (including phenoxy) is 1. The van der Waals surface area contributed by atoms with Gasteiger partial charge in [0.1, 0.15) is 23.2 Å². The number of nitriles is 1. The van der Waals surface area contributed by atoms with E-state index in [0.717, 1.165) is 6.07 Å². The van der Waals surface area contributed by atoms with Crippen LogP contribution in [0.2, 0.25) is 5.02 Å². The second-order valence-electron chi connectivity index (χ2n) is 7.15. The summed E-state index contributed by atoms with van der Waals surface area (Å²) < 4.78 is 11.0. The van der Waals surface area contributed by atoms with E-state index < -0.39 is 16.7 Å². The minimum absolute atomic E-state index is 0.00246. The van der Waals surface area contributed by atoms with Crippen LogP contribution in [0.1, 0.15) is 40.3 Å². The van der Waals surface area contributed by atoms with E-state index in [2.05, 4.69) is 0 Å². The molecule has 2 aromatic carbocycles. The first kappa shape index (κ1) is 23.4. The third kappa shape index (κ3) is 5.53. The van der Waals surface area contributed by atoms with Gasteiger partial charge in [0.05, 0.1) is 16.6 Å². The number of hydrogen-bond donors (Lipinski definition) is 0. The Kier molecular flexibility index (Phi) is 7.06. The second-order valence-corrected chi connectivity index (χ2v) is 7.59. The smallest absolute Gasteiger partial charge is 0.339 e. The first-order valence-electron chi connectivity index (χ1n) is 9.71. The summed E-state index contributed by atoms with van der Waals surface area (Å²) in [6.07, 6.45) is 0.899. The summed E-state index contributed by atoms with van der Waals surface area (Å²) in [5.41, 5.74) is 0.0851. The highest BCUT2D eigenvalue weighted by atomic mass is 35.5. The van der Waals surface area contributed by atoms with Gasteiger partial charge in [-0.25, -0.2) is 4.79 Å². The van der Waals surface area contributed by atoms with Crippen molar-refractivity contribution in [2.45, 2.75) is 20.0 Å². The van der Waals surface area contributed by atoms with Gasteiger partial charge in [0, 0.05) is 34.4 Å². The molecule has 1 aromatic heterocycles. The maximum absolute atomic E-state index is 12.7. The van der Waals surface area contributed by atoms with E-state index in [1.807, 2.05) is 0 Å². The van der Waals surface area contributed by atoms with Crippen LogP contribution in [0.5, 0.6) is 0 Å². The van der Waals surface area contributed by atoms with Crippen molar-refractivity contribution in [2.24, 2.45) is 0 Å². The van der Waals surface area contributed by atoms with E-state index in [1.165, 1.54) is 36.4 Å². The molecule has 0 radical (unpaired) electrons. The number of non-ortho nitro benzene ring substituents is 1. The quantitative estimate of drug-likeness (QED) is 0.107. The fraction of sp³-hybridized carbons (Fsp3) is 0.125. The van der Waals surface area contributed by atoms with Gasteiger partial charge in [-0.05, 0) is 44.2 Å². The number of carbonyl (C=O) groups excluding carboxylic acids is 2. The van der Waals surface area contributed by atoms with Gasteiger partial charge in [-0.15, -0.1) is 0 Å². The van der Waals surface area contributed by atoms with E-state index in [-0.39, 0.29) is 40.0 Å². The number of rotatable bonds is 7. The minimum Gasteiger partial charge on any atom is -0.459 e. The third-order valence-electron chi connectivity index (χ3n) is 4.41. The van der Waals surface area contributed by atoms with Gasteiger partial charge in [-0.3, -0.25) is 14.9 Å². The molecule has 0 saturated carbocycles. The Bertz CT molecular complexity index is 1320. The molecule has 0 aliphatic rings. The van der Waals surface area contributed by atoms with Crippen LogP contribution in [0.15, 0.2) is 64.6 Å². The summed E-state index contributed by atoms with van der Waals surface area (Å²) >= 11 is 6.09. The summed E-state index contributed by atoms with van der Waals surface area (Å²) in [5.74, 6) is -0.796. The number of allylic oxidation sites excluding steroid dienone is 1. The van der Waals surface area contributed by atoms with Gasteiger partial charge in [0.2, 0.25) is 5.78 Å². The molecule has 0 atom stereocenters. The monoisotopic (exact) mass is 464 g/mol. The number of halogens is 1.